The largest absolute Gasteiger partial charge is 0.378 e. The minimum atomic E-state index is 0.135. The third-order valence-electron chi connectivity index (χ3n) is 2.86. The Bertz CT molecular complexity index is 518. The summed E-state index contributed by atoms with van der Waals surface area (Å²) in [7, 11) is 4.09. The van der Waals surface area contributed by atoms with Crippen molar-refractivity contribution in [1.29, 1.82) is 0 Å². The van der Waals surface area contributed by atoms with Crippen LogP contribution in [0.25, 0.3) is 10.8 Å². The summed E-state index contributed by atoms with van der Waals surface area (Å²) >= 11 is 0. The molecule has 0 spiro atoms. The van der Waals surface area contributed by atoms with E-state index in [9.17, 15) is 0 Å². The maximum atomic E-state index is 5.86. The van der Waals surface area contributed by atoms with Crippen LogP contribution in [-0.2, 0) is 6.42 Å². The summed E-state index contributed by atoms with van der Waals surface area (Å²) in [6.07, 6.45) is 2.67. The van der Waals surface area contributed by atoms with Gasteiger partial charge in [0.25, 0.3) is 0 Å². The first kappa shape index (κ1) is 11.9. The fourth-order valence-electron chi connectivity index (χ4n) is 1.96. The Morgan fingerprint density at radius 1 is 1.29 bits per heavy atom. The van der Waals surface area contributed by atoms with Crippen LogP contribution in [0.3, 0.4) is 0 Å². The van der Waals surface area contributed by atoms with Gasteiger partial charge < -0.3 is 10.6 Å². The van der Waals surface area contributed by atoms with Gasteiger partial charge in [-0.1, -0.05) is 6.07 Å². The number of pyridine rings is 1. The number of benzene rings is 1. The van der Waals surface area contributed by atoms with Crippen LogP contribution >= 0.6 is 0 Å². The molecule has 1 unspecified atom stereocenters. The molecule has 1 aromatic heterocycles. The second-order valence-corrected chi connectivity index (χ2v) is 4.74. The van der Waals surface area contributed by atoms with E-state index in [0.717, 1.165) is 12.1 Å². The van der Waals surface area contributed by atoms with Gasteiger partial charge in [0.15, 0.2) is 0 Å². The van der Waals surface area contributed by atoms with E-state index in [-0.39, 0.29) is 6.04 Å². The molecular weight excluding hydrogens is 210 g/mol. The molecule has 0 amide bonds. The first-order chi connectivity index (χ1) is 8.08. The molecule has 0 fully saturated rings. The Balaban J connectivity index is 2.55. The highest BCUT2D eigenvalue weighted by atomic mass is 15.1. The molecule has 1 atom stereocenters. The third kappa shape index (κ3) is 2.56. The van der Waals surface area contributed by atoms with E-state index in [1.807, 2.05) is 33.3 Å². The molecule has 3 nitrogen and oxygen atoms in total. The van der Waals surface area contributed by atoms with E-state index in [1.54, 1.807) is 0 Å². The highest BCUT2D eigenvalue weighted by molar-refractivity contribution is 5.87. The Hall–Kier alpha value is -1.61. The van der Waals surface area contributed by atoms with E-state index in [0.29, 0.717) is 0 Å². The van der Waals surface area contributed by atoms with Crippen LogP contribution in [0.15, 0.2) is 30.5 Å². The smallest absolute Gasteiger partial charge is 0.0497 e. The average molecular weight is 229 g/mol. The Morgan fingerprint density at radius 2 is 2.06 bits per heavy atom. The number of aromatic nitrogens is 1. The normalized spacial score (nSPS) is 12.7. The topological polar surface area (TPSA) is 42.1 Å². The van der Waals surface area contributed by atoms with Crippen LogP contribution in [0.5, 0.6) is 0 Å². The van der Waals surface area contributed by atoms with E-state index >= 15 is 0 Å². The summed E-state index contributed by atoms with van der Waals surface area (Å²) < 4.78 is 0. The minimum absolute atomic E-state index is 0.135. The Morgan fingerprint density at radius 3 is 2.71 bits per heavy atom. The van der Waals surface area contributed by atoms with E-state index < -0.39 is 0 Å². The quantitative estimate of drug-likeness (QED) is 0.877. The van der Waals surface area contributed by atoms with Gasteiger partial charge in [0.2, 0.25) is 0 Å². The number of fused-ring (bicyclic) bond motifs is 1. The number of anilines is 1. The second-order valence-electron chi connectivity index (χ2n) is 4.74. The van der Waals surface area contributed by atoms with Crippen molar-refractivity contribution in [3.05, 3.63) is 36.2 Å². The molecule has 0 radical (unpaired) electrons. The molecule has 1 aromatic carbocycles. The molecule has 1 heterocycles. The molecule has 0 saturated carbocycles. The molecule has 0 saturated heterocycles. The van der Waals surface area contributed by atoms with E-state index in [2.05, 4.69) is 28.1 Å². The zero-order valence-corrected chi connectivity index (χ0v) is 10.6. The number of hydrogen-bond acceptors (Lipinski definition) is 3. The van der Waals surface area contributed by atoms with Crippen LogP contribution in [0.4, 0.5) is 5.69 Å². The molecule has 2 N–H and O–H groups in total. The fraction of sp³-hybridized carbons (Fsp3) is 0.357. The van der Waals surface area contributed by atoms with Gasteiger partial charge in [0, 0.05) is 49.5 Å². The highest BCUT2D eigenvalue weighted by Gasteiger charge is 2.06. The van der Waals surface area contributed by atoms with Crippen molar-refractivity contribution < 1.29 is 0 Å². The summed E-state index contributed by atoms with van der Waals surface area (Å²) in [5, 5.41) is 2.43. The molecule has 2 rings (SSSR count). The summed E-state index contributed by atoms with van der Waals surface area (Å²) in [6.45, 7) is 2.01. The SMILES string of the molecule is CC(N)Cc1nccc2ccc(N(C)C)cc12. The highest BCUT2D eigenvalue weighted by Crippen LogP contribution is 2.23. The molecule has 0 aliphatic carbocycles. The Kier molecular flexibility index (Phi) is 3.29. The summed E-state index contributed by atoms with van der Waals surface area (Å²) in [5.74, 6) is 0. The first-order valence-electron chi connectivity index (χ1n) is 5.88. The molecule has 17 heavy (non-hydrogen) atoms. The van der Waals surface area contributed by atoms with Gasteiger partial charge in [-0.05, 0) is 30.5 Å². The molecule has 90 valence electrons. The van der Waals surface area contributed by atoms with Crippen molar-refractivity contribution in [2.75, 3.05) is 19.0 Å². The van der Waals surface area contributed by atoms with Crippen LogP contribution in [0.2, 0.25) is 0 Å². The van der Waals surface area contributed by atoms with Gasteiger partial charge in [-0.25, -0.2) is 0 Å². The van der Waals surface area contributed by atoms with Crippen LogP contribution in [0.1, 0.15) is 12.6 Å². The molecule has 0 bridgehead atoms. The van der Waals surface area contributed by atoms with Gasteiger partial charge in [0.05, 0.1) is 0 Å². The van der Waals surface area contributed by atoms with Gasteiger partial charge in [-0.15, -0.1) is 0 Å². The lowest BCUT2D eigenvalue weighted by atomic mass is 10.0. The summed E-state index contributed by atoms with van der Waals surface area (Å²) in [6, 6.07) is 8.62. The van der Waals surface area contributed by atoms with Crippen molar-refractivity contribution in [3.8, 4) is 0 Å². The van der Waals surface area contributed by atoms with Crippen molar-refractivity contribution in [1.82, 2.24) is 4.98 Å². The van der Waals surface area contributed by atoms with Crippen LogP contribution < -0.4 is 10.6 Å². The number of hydrogen-bond donors (Lipinski definition) is 1. The lowest BCUT2D eigenvalue weighted by molar-refractivity contribution is 0.727. The van der Waals surface area contributed by atoms with Gasteiger partial charge >= 0.3 is 0 Å². The molecule has 3 heteroatoms. The number of nitrogens with two attached hydrogens (primary N) is 1. The van der Waals surface area contributed by atoms with E-state index in [4.69, 9.17) is 5.73 Å². The standard InChI is InChI=1S/C14H19N3/c1-10(15)8-14-13-9-12(17(2)3)5-4-11(13)6-7-16-14/h4-7,9-10H,8,15H2,1-3H3. The molecule has 0 aliphatic rings. The van der Waals surface area contributed by atoms with Crippen molar-refractivity contribution in [2.45, 2.75) is 19.4 Å². The summed E-state index contributed by atoms with van der Waals surface area (Å²) in [4.78, 5) is 6.55. The minimum Gasteiger partial charge on any atom is -0.378 e. The van der Waals surface area contributed by atoms with Crippen molar-refractivity contribution in [3.63, 3.8) is 0 Å². The fourth-order valence-corrected chi connectivity index (χ4v) is 1.96. The van der Waals surface area contributed by atoms with E-state index in [1.165, 1.54) is 16.5 Å². The lowest BCUT2D eigenvalue weighted by Crippen LogP contribution is -2.18. The third-order valence-corrected chi connectivity index (χ3v) is 2.86. The monoisotopic (exact) mass is 229 g/mol. The summed E-state index contributed by atoms with van der Waals surface area (Å²) in [5.41, 5.74) is 8.14. The van der Waals surface area contributed by atoms with Gasteiger partial charge in [0.1, 0.15) is 0 Å². The number of rotatable bonds is 3. The van der Waals surface area contributed by atoms with Gasteiger partial charge in [-0.3, -0.25) is 4.98 Å². The van der Waals surface area contributed by atoms with Crippen LogP contribution in [0, 0.1) is 0 Å². The first-order valence-corrected chi connectivity index (χ1v) is 5.88. The number of nitrogens with zero attached hydrogens (tertiary/aromatic N) is 2. The maximum Gasteiger partial charge on any atom is 0.0497 e. The van der Waals surface area contributed by atoms with Gasteiger partial charge in [-0.2, -0.15) is 0 Å². The van der Waals surface area contributed by atoms with Crippen molar-refractivity contribution in [2.24, 2.45) is 5.73 Å². The average Bonchev–Trinajstić information content (AvgIpc) is 2.28. The zero-order valence-electron chi connectivity index (χ0n) is 10.6. The second kappa shape index (κ2) is 4.72. The lowest BCUT2D eigenvalue weighted by Gasteiger charge is -2.14. The zero-order chi connectivity index (χ0) is 12.4. The van der Waals surface area contributed by atoms with Crippen molar-refractivity contribution >= 4 is 16.5 Å². The predicted molar refractivity (Wildman–Crippen MR) is 73.4 cm³/mol. The predicted octanol–water partition coefficient (Wildman–Crippen LogP) is 2.19. The molecular formula is C14H19N3. The molecule has 0 aliphatic heterocycles. The maximum absolute atomic E-state index is 5.86. The Labute approximate surface area is 102 Å². The molecule has 2 aromatic rings. The van der Waals surface area contributed by atoms with Crippen LogP contribution in [-0.4, -0.2) is 25.1 Å².